The average Bonchev–Trinajstić information content (AvgIpc) is 3.53. The molecule has 1 unspecified atom stereocenters. The molecule has 1 amide bonds. The Morgan fingerprint density at radius 2 is 1.50 bits per heavy atom. The molecule has 2 aliphatic rings. The number of rotatable bonds is 6. The minimum absolute atomic E-state index is 0.0490. The van der Waals surface area contributed by atoms with Gasteiger partial charge in [0.05, 0.1) is 6.10 Å². The molecule has 1 fully saturated rings. The summed E-state index contributed by atoms with van der Waals surface area (Å²) in [5.41, 5.74) is 5.43. The quantitative estimate of drug-likeness (QED) is 0.611. The summed E-state index contributed by atoms with van der Waals surface area (Å²) in [5.74, 6) is 0.0490. The van der Waals surface area contributed by atoms with E-state index in [0.717, 1.165) is 18.4 Å². The molecular weight excluding hydrogens is 374 g/mol. The topological polar surface area (TPSA) is 58.6 Å². The molecule has 0 saturated heterocycles. The maximum atomic E-state index is 12.4. The molecule has 0 bridgehead atoms. The molecule has 30 heavy (non-hydrogen) atoms. The van der Waals surface area contributed by atoms with Crippen LogP contribution in [0.4, 0.5) is 4.79 Å². The number of carbonyl (C=O) groups is 1. The van der Waals surface area contributed by atoms with E-state index < -0.39 is 12.2 Å². The fraction of sp³-hybridized carbons (Fsp3) is 0.269. The summed E-state index contributed by atoms with van der Waals surface area (Å²) >= 11 is 0. The molecule has 152 valence electrons. The van der Waals surface area contributed by atoms with Gasteiger partial charge in [-0.1, -0.05) is 78.9 Å². The Bertz CT molecular complexity index is 1010. The Balaban J connectivity index is 1.21. The predicted octanol–water partition coefficient (Wildman–Crippen LogP) is 5.04. The van der Waals surface area contributed by atoms with E-state index in [1.165, 1.54) is 22.3 Å². The van der Waals surface area contributed by atoms with Crippen LogP contribution < -0.4 is 5.32 Å². The summed E-state index contributed by atoms with van der Waals surface area (Å²) < 4.78 is 5.62. The third kappa shape index (κ3) is 3.37. The van der Waals surface area contributed by atoms with E-state index in [1.807, 2.05) is 54.6 Å². The van der Waals surface area contributed by atoms with E-state index in [0.29, 0.717) is 13.2 Å². The van der Waals surface area contributed by atoms with Crippen LogP contribution in [0.2, 0.25) is 0 Å². The molecule has 4 nitrogen and oxygen atoms in total. The van der Waals surface area contributed by atoms with Crippen LogP contribution in [0.1, 0.15) is 41.6 Å². The summed E-state index contributed by atoms with van der Waals surface area (Å²) in [6.07, 6.45) is 0.787. The third-order valence-electron chi connectivity index (χ3n) is 6.52. The number of fused-ring (bicyclic) bond motifs is 3. The lowest BCUT2D eigenvalue weighted by Gasteiger charge is -2.23. The van der Waals surface area contributed by atoms with Gasteiger partial charge in [-0.3, -0.25) is 0 Å². The first-order valence-corrected chi connectivity index (χ1v) is 10.5. The van der Waals surface area contributed by atoms with Crippen molar-refractivity contribution in [2.75, 3.05) is 13.2 Å². The van der Waals surface area contributed by atoms with Crippen molar-refractivity contribution in [3.63, 3.8) is 0 Å². The van der Waals surface area contributed by atoms with Crippen molar-refractivity contribution in [3.8, 4) is 11.1 Å². The number of carbonyl (C=O) groups excluding carboxylic acids is 1. The molecule has 1 saturated carbocycles. The number of ether oxygens (including phenoxy) is 1. The van der Waals surface area contributed by atoms with Gasteiger partial charge in [-0.2, -0.15) is 0 Å². The summed E-state index contributed by atoms with van der Waals surface area (Å²) in [6, 6.07) is 26.2. The molecule has 0 aliphatic heterocycles. The maximum Gasteiger partial charge on any atom is 0.407 e. The lowest BCUT2D eigenvalue weighted by Crippen LogP contribution is -2.34. The zero-order chi connectivity index (χ0) is 20.6. The Morgan fingerprint density at radius 1 is 0.933 bits per heavy atom. The molecule has 0 aromatic heterocycles. The molecule has 2 aliphatic carbocycles. The number of nitrogens with one attached hydrogen (secondary N) is 1. The molecule has 3 aromatic rings. The first-order valence-electron chi connectivity index (χ1n) is 10.5. The number of hydrogen-bond acceptors (Lipinski definition) is 3. The molecule has 5 rings (SSSR count). The molecule has 3 aromatic carbocycles. The van der Waals surface area contributed by atoms with Gasteiger partial charge >= 0.3 is 6.09 Å². The Kier molecular flexibility index (Phi) is 4.80. The van der Waals surface area contributed by atoms with Crippen LogP contribution >= 0.6 is 0 Å². The number of hydrogen-bond donors (Lipinski definition) is 2. The summed E-state index contributed by atoms with van der Waals surface area (Å²) in [7, 11) is 0. The van der Waals surface area contributed by atoms with Crippen LogP contribution in [0, 0.1) is 5.41 Å². The van der Waals surface area contributed by atoms with Gasteiger partial charge in [-0.05, 0) is 40.7 Å². The lowest BCUT2D eigenvalue weighted by atomic mass is 9.93. The second kappa shape index (κ2) is 7.62. The van der Waals surface area contributed by atoms with Crippen LogP contribution in [-0.2, 0) is 4.74 Å². The van der Waals surface area contributed by atoms with Crippen LogP contribution in [-0.4, -0.2) is 24.4 Å². The molecule has 0 heterocycles. The number of aliphatic hydroxyl groups excluding tert-OH is 1. The lowest BCUT2D eigenvalue weighted by molar-refractivity contribution is 0.0874. The second-order valence-electron chi connectivity index (χ2n) is 8.35. The zero-order valence-electron chi connectivity index (χ0n) is 16.8. The van der Waals surface area contributed by atoms with E-state index in [4.69, 9.17) is 4.74 Å². The van der Waals surface area contributed by atoms with Crippen LogP contribution in [0.5, 0.6) is 0 Å². The van der Waals surface area contributed by atoms with Gasteiger partial charge < -0.3 is 15.2 Å². The van der Waals surface area contributed by atoms with Gasteiger partial charge in [0.2, 0.25) is 0 Å². The van der Waals surface area contributed by atoms with Crippen LogP contribution in [0.3, 0.4) is 0 Å². The summed E-state index contributed by atoms with van der Waals surface area (Å²) in [4.78, 5) is 12.4. The van der Waals surface area contributed by atoms with Crippen molar-refractivity contribution in [1.82, 2.24) is 5.32 Å². The van der Waals surface area contributed by atoms with Crippen molar-refractivity contribution in [2.45, 2.75) is 24.9 Å². The average molecular weight is 399 g/mol. The number of aliphatic hydroxyl groups is 1. The fourth-order valence-corrected chi connectivity index (χ4v) is 4.59. The smallest absolute Gasteiger partial charge is 0.407 e. The molecule has 1 atom stereocenters. The number of alkyl carbamates (subject to hydrolysis) is 1. The highest BCUT2D eigenvalue weighted by atomic mass is 16.5. The highest BCUT2D eigenvalue weighted by Gasteiger charge is 2.49. The van der Waals surface area contributed by atoms with Crippen LogP contribution in [0.15, 0.2) is 78.9 Å². The first-order chi connectivity index (χ1) is 14.7. The van der Waals surface area contributed by atoms with E-state index >= 15 is 0 Å². The van der Waals surface area contributed by atoms with E-state index in [2.05, 4.69) is 29.6 Å². The second-order valence-corrected chi connectivity index (χ2v) is 8.35. The van der Waals surface area contributed by atoms with E-state index in [9.17, 15) is 9.90 Å². The number of benzene rings is 3. The Labute approximate surface area is 176 Å². The molecule has 0 radical (unpaired) electrons. The SMILES string of the molecule is O=C(NCC1(C(O)c2ccccc2)CC1)OCC1c2ccccc2-c2ccccc21. The molecule has 0 spiro atoms. The minimum Gasteiger partial charge on any atom is -0.449 e. The molecule has 4 heteroatoms. The van der Waals surface area contributed by atoms with E-state index in [-0.39, 0.29) is 11.3 Å². The van der Waals surface area contributed by atoms with Crippen LogP contribution in [0.25, 0.3) is 11.1 Å². The van der Waals surface area contributed by atoms with Crippen molar-refractivity contribution in [3.05, 3.63) is 95.6 Å². The number of amides is 1. The highest BCUT2D eigenvalue weighted by Crippen LogP contribution is 2.54. The first kappa shape index (κ1) is 18.9. The van der Waals surface area contributed by atoms with Crippen molar-refractivity contribution in [2.24, 2.45) is 5.41 Å². The normalized spacial score (nSPS) is 17.0. The maximum absolute atomic E-state index is 12.4. The molecule has 2 N–H and O–H groups in total. The van der Waals surface area contributed by atoms with E-state index in [1.54, 1.807) is 0 Å². The monoisotopic (exact) mass is 399 g/mol. The summed E-state index contributed by atoms with van der Waals surface area (Å²) in [5, 5.41) is 13.6. The zero-order valence-corrected chi connectivity index (χ0v) is 16.8. The van der Waals surface area contributed by atoms with Gasteiger partial charge in [0.25, 0.3) is 0 Å². The van der Waals surface area contributed by atoms with Gasteiger partial charge in [-0.25, -0.2) is 4.79 Å². The largest absolute Gasteiger partial charge is 0.449 e. The fourth-order valence-electron chi connectivity index (χ4n) is 4.59. The van der Waals surface area contributed by atoms with Gasteiger partial charge in [0.1, 0.15) is 6.61 Å². The Morgan fingerprint density at radius 3 is 2.10 bits per heavy atom. The van der Waals surface area contributed by atoms with Crippen molar-refractivity contribution >= 4 is 6.09 Å². The van der Waals surface area contributed by atoms with Crippen molar-refractivity contribution in [1.29, 1.82) is 0 Å². The third-order valence-corrected chi connectivity index (χ3v) is 6.52. The molecular formula is C26H25NO3. The highest BCUT2D eigenvalue weighted by molar-refractivity contribution is 5.79. The predicted molar refractivity (Wildman–Crippen MR) is 116 cm³/mol. The van der Waals surface area contributed by atoms with Gasteiger partial charge in [-0.15, -0.1) is 0 Å². The Hall–Kier alpha value is -3.11. The van der Waals surface area contributed by atoms with Crippen molar-refractivity contribution < 1.29 is 14.6 Å². The standard InChI is InChI=1S/C26H25NO3/c28-24(18-8-2-1-3-9-18)26(14-15-26)17-27-25(29)30-16-23-21-12-6-4-10-19(21)20-11-5-7-13-22(20)23/h1-13,23-24,28H,14-17H2,(H,27,29). The minimum atomic E-state index is -0.576. The summed E-state index contributed by atoms with van der Waals surface area (Å²) in [6.45, 7) is 0.716. The van der Waals surface area contributed by atoms with Gasteiger partial charge in [0.15, 0.2) is 0 Å². The van der Waals surface area contributed by atoms with Gasteiger partial charge in [0, 0.05) is 17.9 Å².